The monoisotopic (exact) mass is 255 g/mol. The highest BCUT2D eigenvalue weighted by Crippen LogP contribution is 2.22. The summed E-state index contributed by atoms with van der Waals surface area (Å²) in [6.07, 6.45) is 0. The van der Waals surface area contributed by atoms with E-state index in [-0.39, 0.29) is 0 Å². The van der Waals surface area contributed by atoms with Gasteiger partial charge >= 0.3 is 0 Å². The fourth-order valence-corrected chi connectivity index (χ4v) is 2.03. The van der Waals surface area contributed by atoms with E-state index in [0.29, 0.717) is 12.1 Å². The Hall–Kier alpha value is -2.49. The van der Waals surface area contributed by atoms with Crippen molar-refractivity contribution in [1.29, 1.82) is 0 Å². The average Bonchev–Trinajstić information content (AvgIpc) is 2.41. The summed E-state index contributed by atoms with van der Waals surface area (Å²) >= 11 is 0. The first-order valence-electron chi connectivity index (χ1n) is 6.03. The van der Waals surface area contributed by atoms with E-state index in [1.54, 1.807) is 12.1 Å². The first-order valence-corrected chi connectivity index (χ1v) is 6.03. The molecule has 19 heavy (non-hydrogen) atoms. The van der Waals surface area contributed by atoms with Gasteiger partial charge in [-0.05, 0) is 23.8 Å². The zero-order valence-corrected chi connectivity index (χ0v) is 10.8. The number of benzene rings is 2. The molecule has 2 aromatic carbocycles. The standard InChI is InChI=1S/C15H17N3O/c1-18(10-11-6-2-4-8-13(11)16)14-9-5-3-7-12(14)15(17)19/h2-9H,10,16H2,1H3,(H2,17,19). The predicted octanol–water partition coefficient (Wildman–Crippen LogP) is 2.00. The van der Waals surface area contributed by atoms with Crippen LogP contribution in [0, 0.1) is 0 Å². The van der Waals surface area contributed by atoms with Crippen LogP contribution in [0.4, 0.5) is 11.4 Å². The van der Waals surface area contributed by atoms with Gasteiger partial charge in [0.05, 0.1) is 5.56 Å². The number of nitrogen functional groups attached to an aromatic ring is 1. The van der Waals surface area contributed by atoms with Gasteiger partial charge in [-0.15, -0.1) is 0 Å². The topological polar surface area (TPSA) is 72.3 Å². The molecule has 2 rings (SSSR count). The second-order valence-electron chi connectivity index (χ2n) is 4.44. The Kier molecular flexibility index (Phi) is 3.71. The minimum absolute atomic E-state index is 0.427. The third kappa shape index (κ3) is 2.85. The number of carbonyl (C=O) groups is 1. The Bertz CT molecular complexity index is 595. The number of nitrogens with zero attached hydrogens (tertiary/aromatic N) is 1. The summed E-state index contributed by atoms with van der Waals surface area (Å²) in [6, 6.07) is 15.0. The van der Waals surface area contributed by atoms with Crippen molar-refractivity contribution in [1.82, 2.24) is 0 Å². The molecule has 0 saturated heterocycles. The van der Waals surface area contributed by atoms with Crippen LogP contribution in [-0.2, 0) is 6.54 Å². The summed E-state index contributed by atoms with van der Waals surface area (Å²) in [5, 5.41) is 0. The zero-order chi connectivity index (χ0) is 13.8. The van der Waals surface area contributed by atoms with Crippen molar-refractivity contribution in [2.45, 2.75) is 6.54 Å². The highest BCUT2D eigenvalue weighted by atomic mass is 16.1. The molecular formula is C15H17N3O. The van der Waals surface area contributed by atoms with Crippen LogP contribution in [0.3, 0.4) is 0 Å². The van der Waals surface area contributed by atoms with Crippen molar-refractivity contribution in [2.24, 2.45) is 5.73 Å². The maximum absolute atomic E-state index is 11.4. The van der Waals surface area contributed by atoms with Crippen LogP contribution in [0.1, 0.15) is 15.9 Å². The van der Waals surface area contributed by atoms with Crippen molar-refractivity contribution in [3.8, 4) is 0 Å². The van der Waals surface area contributed by atoms with Crippen LogP contribution < -0.4 is 16.4 Å². The van der Waals surface area contributed by atoms with Crippen LogP contribution in [-0.4, -0.2) is 13.0 Å². The minimum atomic E-state index is -0.427. The SMILES string of the molecule is CN(Cc1ccccc1N)c1ccccc1C(N)=O. The van der Waals surface area contributed by atoms with Crippen LogP contribution in [0.2, 0.25) is 0 Å². The van der Waals surface area contributed by atoms with Crippen molar-refractivity contribution < 1.29 is 4.79 Å². The maximum atomic E-state index is 11.4. The Morgan fingerprint density at radius 3 is 2.42 bits per heavy atom. The third-order valence-corrected chi connectivity index (χ3v) is 3.04. The van der Waals surface area contributed by atoms with E-state index in [1.165, 1.54) is 0 Å². The normalized spacial score (nSPS) is 10.2. The molecule has 4 N–H and O–H groups in total. The molecule has 0 saturated carbocycles. The Morgan fingerprint density at radius 1 is 1.11 bits per heavy atom. The van der Waals surface area contributed by atoms with Crippen molar-refractivity contribution in [2.75, 3.05) is 17.7 Å². The number of amides is 1. The van der Waals surface area contributed by atoms with E-state index >= 15 is 0 Å². The molecule has 0 unspecified atom stereocenters. The Morgan fingerprint density at radius 2 is 1.74 bits per heavy atom. The minimum Gasteiger partial charge on any atom is -0.398 e. The molecule has 0 bridgehead atoms. The average molecular weight is 255 g/mol. The summed E-state index contributed by atoms with van der Waals surface area (Å²) in [4.78, 5) is 13.4. The van der Waals surface area contributed by atoms with E-state index in [9.17, 15) is 4.79 Å². The first-order chi connectivity index (χ1) is 9.09. The molecule has 98 valence electrons. The van der Waals surface area contributed by atoms with Gasteiger partial charge < -0.3 is 16.4 Å². The number of hydrogen-bond acceptors (Lipinski definition) is 3. The smallest absolute Gasteiger partial charge is 0.250 e. The van der Waals surface area contributed by atoms with Crippen molar-refractivity contribution in [3.63, 3.8) is 0 Å². The molecule has 0 aliphatic heterocycles. The first kappa shape index (κ1) is 13.0. The number of nitrogens with two attached hydrogens (primary N) is 2. The molecule has 0 aliphatic rings. The van der Waals surface area contributed by atoms with E-state index in [4.69, 9.17) is 11.5 Å². The van der Waals surface area contributed by atoms with Gasteiger partial charge in [0.15, 0.2) is 0 Å². The zero-order valence-electron chi connectivity index (χ0n) is 10.8. The molecule has 2 aromatic rings. The number of para-hydroxylation sites is 2. The van der Waals surface area contributed by atoms with Gasteiger partial charge in [0.1, 0.15) is 0 Å². The van der Waals surface area contributed by atoms with Crippen LogP contribution in [0.15, 0.2) is 48.5 Å². The van der Waals surface area contributed by atoms with E-state index < -0.39 is 5.91 Å². The second-order valence-corrected chi connectivity index (χ2v) is 4.44. The second kappa shape index (κ2) is 5.44. The van der Waals surface area contributed by atoms with Crippen molar-refractivity contribution in [3.05, 3.63) is 59.7 Å². The van der Waals surface area contributed by atoms with Crippen LogP contribution in [0.25, 0.3) is 0 Å². The molecule has 0 aromatic heterocycles. The third-order valence-electron chi connectivity index (χ3n) is 3.04. The van der Waals surface area contributed by atoms with Crippen molar-refractivity contribution >= 4 is 17.3 Å². The lowest BCUT2D eigenvalue weighted by Crippen LogP contribution is -2.22. The number of anilines is 2. The fourth-order valence-electron chi connectivity index (χ4n) is 2.03. The van der Waals surface area contributed by atoms with Gasteiger partial charge in [0.25, 0.3) is 5.91 Å². The predicted molar refractivity (Wildman–Crippen MR) is 77.9 cm³/mol. The van der Waals surface area contributed by atoms with Gasteiger partial charge in [-0.25, -0.2) is 0 Å². The molecule has 0 fully saturated rings. The van der Waals surface area contributed by atoms with E-state index in [1.807, 2.05) is 48.3 Å². The molecule has 1 amide bonds. The number of primary amides is 1. The van der Waals surface area contributed by atoms with Crippen LogP contribution in [0.5, 0.6) is 0 Å². The van der Waals surface area contributed by atoms with Crippen LogP contribution >= 0.6 is 0 Å². The number of carbonyl (C=O) groups excluding carboxylic acids is 1. The lowest BCUT2D eigenvalue weighted by Gasteiger charge is -2.22. The molecule has 0 aliphatic carbocycles. The van der Waals surface area contributed by atoms with Gasteiger partial charge in [0.2, 0.25) is 0 Å². The lowest BCUT2D eigenvalue weighted by molar-refractivity contribution is 0.100. The quantitative estimate of drug-likeness (QED) is 0.821. The Labute approximate surface area is 112 Å². The summed E-state index contributed by atoms with van der Waals surface area (Å²) < 4.78 is 0. The number of hydrogen-bond donors (Lipinski definition) is 2. The molecular weight excluding hydrogens is 238 g/mol. The van der Waals surface area contributed by atoms with Gasteiger partial charge in [0, 0.05) is 25.0 Å². The van der Waals surface area contributed by atoms with Gasteiger partial charge in [-0.2, -0.15) is 0 Å². The highest BCUT2D eigenvalue weighted by Gasteiger charge is 2.12. The molecule has 0 atom stereocenters. The molecule has 4 heteroatoms. The molecule has 4 nitrogen and oxygen atoms in total. The maximum Gasteiger partial charge on any atom is 0.250 e. The molecule has 0 radical (unpaired) electrons. The highest BCUT2D eigenvalue weighted by molar-refractivity contribution is 5.98. The lowest BCUT2D eigenvalue weighted by atomic mass is 10.1. The van der Waals surface area contributed by atoms with Gasteiger partial charge in [-0.3, -0.25) is 4.79 Å². The summed E-state index contributed by atoms with van der Waals surface area (Å²) in [6.45, 7) is 0.622. The number of rotatable bonds is 4. The largest absolute Gasteiger partial charge is 0.398 e. The van der Waals surface area contributed by atoms with Gasteiger partial charge in [-0.1, -0.05) is 30.3 Å². The molecule has 0 heterocycles. The fraction of sp³-hybridized carbons (Fsp3) is 0.133. The summed E-state index contributed by atoms with van der Waals surface area (Å²) in [7, 11) is 1.91. The molecule has 0 spiro atoms. The van der Waals surface area contributed by atoms with E-state index in [0.717, 1.165) is 16.9 Å². The summed E-state index contributed by atoms with van der Waals surface area (Å²) in [5.41, 5.74) is 14.4. The summed E-state index contributed by atoms with van der Waals surface area (Å²) in [5.74, 6) is -0.427. The van der Waals surface area contributed by atoms with E-state index in [2.05, 4.69) is 0 Å². The Balaban J connectivity index is 2.28.